The number of hydrogen-bond donors (Lipinski definition) is 2. The fourth-order valence-electron chi connectivity index (χ4n) is 4.33. The zero-order valence-corrected chi connectivity index (χ0v) is 18.7. The van der Waals surface area contributed by atoms with Gasteiger partial charge >= 0.3 is 0 Å². The molecule has 1 atom stereocenters. The van der Waals surface area contributed by atoms with Crippen LogP contribution in [0, 0.1) is 0 Å². The van der Waals surface area contributed by atoms with E-state index in [1.807, 2.05) is 0 Å². The second-order valence-electron chi connectivity index (χ2n) is 7.53. The highest BCUT2D eigenvalue weighted by Gasteiger charge is 2.38. The molecule has 1 aliphatic heterocycles. The van der Waals surface area contributed by atoms with E-state index >= 15 is 0 Å². The van der Waals surface area contributed by atoms with Gasteiger partial charge in [0, 0.05) is 43.1 Å². The van der Waals surface area contributed by atoms with Crippen molar-refractivity contribution < 1.29 is 5.11 Å². The van der Waals surface area contributed by atoms with Crippen molar-refractivity contribution in [2.45, 2.75) is 56.5 Å². The third-order valence-electron chi connectivity index (χ3n) is 5.77. The normalized spacial score (nSPS) is 22.2. The van der Waals surface area contributed by atoms with Crippen LogP contribution >= 0.6 is 40.7 Å². The molecule has 1 saturated carbocycles. The minimum Gasteiger partial charge on any atom is -0.389 e. The zero-order valence-electron chi connectivity index (χ0n) is 15.5. The molecule has 26 heavy (non-hydrogen) atoms. The Balaban J connectivity index is 0.00000169. The van der Waals surface area contributed by atoms with E-state index in [9.17, 15) is 5.11 Å². The summed E-state index contributed by atoms with van der Waals surface area (Å²) in [7, 11) is 0. The number of rotatable bonds is 4. The van der Waals surface area contributed by atoms with E-state index < -0.39 is 5.60 Å². The summed E-state index contributed by atoms with van der Waals surface area (Å²) in [5, 5.41) is 15.1. The van der Waals surface area contributed by atoms with Crippen molar-refractivity contribution in [2.75, 3.05) is 32.7 Å². The molecule has 1 aliphatic carbocycles. The van der Waals surface area contributed by atoms with Crippen LogP contribution in [0.2, 0.25) is 0 Å². The molecule has 1 unspecified atom stereocenters. The molecular weight excluding hydrogens is 435 g/mol. The molecule has 3 nitrogen and oxygen atoms in total. The van der Waals surface area contributed by atoms with Gasteiger partial charge in [0.15, 0.2) is 0 Å². The lowest BCUT2D eigenvalue weighted by Crippen LogP contribution is -2.49. The monoisotopic (exact) mass is 466 g/mol. The lowest BCUT2D eigenvalue weighted by molar-refractivity contribution is -0.0231. The van der Waals surface area contributed by atoms with Gasteiger partial charge in [-0.1, -0.05) is 60.2 Å². The molecule has 3 rings (SSSR count). The minimum absolute atomic E-state index is 0. The van der Waals surface area contributed by atoms with Crippen LogP contribution in [-0.2, 0) is 0 Å². The van der Waals surface area contributed by atoms with E-state index in [-0.39, 0.29) is 30.7 Å². The van der Waals surface area contributed by atoms with Crippen molar-refractivity contribution in [1.29, 1.82) is 0 Å². The minimum atomic E-state index is -0.563. The predicted octanol–water partition coefficient (Wildman–Crippen LogP) is 4.76. The Morgan fingerprint density at radius 2 is 1.65 bits per heavy atom. The summed E-state index contributed by atoms with van der Waals surface area (Å²) in [6, 6.07) is 8.60. The maximum Gasteiger partial charge on any atom is 0.0728 e. The third-order valence-corrected chi connectivity index (χ3v) is 6.26. The highest BCUT2D eigenvalue weighted by Crippen LogP contribution is 2.39. The summed E-state index contributed by atoms with van der Waals surface area (Å²) in [5.74, 6) is 0.200. The van der Waals surface area contributed by atoms with Crippen molar-refractivity contribution in [2.24, 2.45) is 0 Å². The van der Waals surface area contributed by atoms with Crippen molar-refractivity contribution in [3.63, 3.8) is 0 Å². The van der Waals surface area contributed by atoms with E-state index in [0.29, 0.717) is 0 Å². The molecule has 0 bridgehead atoms. The number of hydrogen-bond acceptors (Lipinski definition) is 3. The molecule has 1 aromatic carbocycles. The van der Waals surface area contributed by atoms with Crippen LogP contribution in [0.4, 0.5) is 0 Å². The highest BCUT2D eigenvalue weighted by molar-refractivity contribution is 9.10. The van der Waals surface area contributed by atoms with Crippen LogP contribution in [0.1, 0.15) is 56.4 Å². The lowest BCUT2D eigenvalue weighted by Gasteiger charge is -2.41. The van der Waals surface area contributed by atoms with Crippen LogP contribution in [0.3, 0.4) is 0 Å². The Labute approximate surface area is 179 Å². The van der Waals surface area contributed by atoms with E-state index in [1.165, 1.54) is 24.8 Å². The van der Waals surface area contributed by atoms with Gasteiger partial charge < -0.3 is 15.3 Å². The number of benzene rings is 1. The third kappa shape index (κ3) is 6.65. The second kappa shape index (κ2) is 11.9. The zero-order chi connectivity index (χ0) is 16.8. The number of nitrogens with one attached hydrogen (secondary N) is 1. The average molecular weight is 468 g/mol. The van der Waals surface area contributed by atoms with Crippen LogP contribution < -0.4 is 5.32 Å². The average Bonchev–Trinajstić information content (AvgIpc) is 2.57. The number of piperazine rings is 1. The molecule has 2 fully saturated rings. The summed E-state index contributed by atoms with van der Waals surface area (Å²) in [6.07, 6.45) is 8.05. The van der Waals surface area contributed by atoms with E-state index in [2.05, 4.69) is 50.4 Å². The van der Waals surface area contributed by atoms with Gasteiger partial charge in [0.2, 0.25) is 0 Å². The van der Waals surface area contributed by atoms with Crippen LogP contribution in [0.5, 0.6) is 0 Å². The standard InChI is InChI=1S/C20H31BrN2O.2ClH/c21-18-8-6-7-17(15-18)19(16-23-13-11-22-12-14-23)20(24)9-4-2-1-3-5-10-20;;/h6-8,15,19,22,24H,1-5,9-14,16H2;2*1H. The van der Waals surface area contributed by atoms with Gasteiger partial charge in [-0.15, -0.1) is 24.8 Å². The molecule has 0 amide bonds. The van der Waals surface area contributed by atoms with Gasteiger partial charge in [-0.2, -0.15) is 0 Å². The van der Waals surface area contributed by atoms with Gasteiger partial charge in [0.25, 0.3) is 0 Å². The van der Waals surface area contributed by atoms with Gasteiger partial charge in [-0.05, 0) is 30.5 Å². The molecule has 6 heteroatoms. The molecule has 0 radical (unpaired) electrons. The first kappa shape index (κ1) is 24.2. The Hall–Kier alpha value is 0.160. The highest BCUT2D eigenvalue weighted by atomic mass is 79.9. The van der Waals surface area contributed by atoms with Crippen LogP contribution in [-0.4, -0.2) is 48.3 Å². The summed E-state index contributed by atoms with van der Waals surface area (Å²) in [5.41, 5.74) is 0.720. The Bertz CT molecular complexity index is 518. The van der Waals surface area contributed by atoms with Gasteiger partial charge in [0.1, 0.15) is 0 Å². The second-order valence-corrected chi connectivity index (χ2v) is 8.45. The van der Waals surface area contributed by atoms with Gasteiger partial charge in [-0.3, -0.25) is 0 Å². The molecule has 150 valence electrons. The van der Waals surface area contributed by atoms with E-state index in [1.54, 1.807) is 0 Å². The summed E-state index contributed by atoms with van der Waals surface area (Å²) < 4.78 is 1.11. The van der Waals surface area contributed by atoms with Gasteiger partial charge in [-0.25, -0.2) is 0 Å². The summed E-state index contributed by atoms with van der Waals surface area (Å²) in [6.45, 7) is 5.25. The Morgan fingerprint density at radius 3 is 2.27 bits per heavy atom. The lowest BCUT2D eigenvalue weighted by atomic mass is 9.74. The smallest absolute Gasteiger partial charge is 0.0728 e. The van der Waals surface area contributed by atoms with Gasteiger partial charge in [0.05, 0.1) is 5.60 Å². The first-order valence-corrected chi connectivity index (χ1v) is 10.4. The first-order valence-electron chi connectivity index (χ1n) is 9.58. The molecule has 1 saturated heterocycles. The topological polar surface area (TPSA) is 35.5 Å². The fraction of sp³-hybridized carbons (Fsp3) is 0.700. The summed E-state index contributed by atoms with van der Waals surface area (Å²) in [4.78, 5) is 2.53. The van der Waals surface area contributed by atoms with Crippen LogP contribution in [0.15, 0.2) is 28.7 Å². The van der Waals surface area contributed by atoms with E-state index in [0.717, 1.165) is 62.9 Å². The summed E-state index contributed by atoms with van der Waals surface area (Å²) >= 11 is 3.62. The van der Waals surface area contributed by atoms with Crippen molar-refractivity contribution in [3.8, 4) is 0 Å². The molecule has 0 aromatic heterocycles. The molecular formula is C20H33BrCl2N2O. The van der Waals surface area contributed by atoms with Crippen molar-refractivity contribution in [3.05, 3.63) is 34.3 Å². The molecule has 1 heterocycles. The van der Waals surface area contributed by atoms with Crippen LogP contribution in [0.25, 0.3) is 0 Å². The number of aliphatic hydroxyl groups is 1. The largest absolute Gasteiger partial charge is 0.389 e. The molecule has 1 aromatic rings. The van der Waals surface area contributed by atoms with Crippen molar-refractivity contribution >= 4 is 40.7 Å². The predicted molar refractivity (Wildman–Crippen MR) is 118 cm³/mol. The Morgan fingerprint density at radius 1 is 1.04 bits per heavy atom. The maximum absolute atomic E-state index is 11.7. The fourth-order valence-corrected chi connectivity index (χ4v) is 4.74. The SMILES string of the molecule is Cl.Cl.OC1(C(CN2CCNCC2)c2cccc(Br)c2)CCCCCCC1. The Kier molecular flexibility index (Phi) is 11.1. The molecule has 2 aliphatic rings. The molecule has 0 spiro atoms. The number of nitrogens with zero attached hydrogens (tertiary/aromatic N) is 1. The maximum atomic E-state index is 11.7. The quantitative estimate of drug-likeness (QED) is 0.670. The van der Waals surface area contributed by atoms with E-state index in [4.69, 9.17) is 0 Å². The van der Waals surface area contributed by atoms with Crippen molar-refractivity contribution in [1.82, 2.24) is 10.2 Å². The first-order chi connectivity index (χ1) is 11.7. The molecule has 2 N–H and O–H groups in total. The number of halogens is 3.